The molecule has 0 spiro atoms. The number of anilines is 2. The topological polar surface area (TPSA) is 33.5 Å². The molecule has 1 aliphatic rings. The normalized spacial score (nSPS) is 17.5. The zero-order valence-electron chi connectivity index (χ0n) is 43.7. The predicted octanol–water partition coefficient (Wildman–Crippen LogP) is 14.0. The first-order valence-electron chi connectivity index (χ1n) is 24.3. The number of hydrogen-bond donors (Lipinski definition) is 0. The van der Waals surface area contributed by atoms with Crippen LogP contribution in [-0.4, -0.2) is 20.6 Å². The molecule has 0 amide bonds. The summed E-state index contributed by atoms with van der Waals surface area (Å²) in [5.74, 6) is 2.36. The fourth-order valence-corrected chi connectivity index (χ4v) is 8.22. The van der Waals surface area contributed by atoms with Gasteiger partial charge in [-0.3, -0.25) is 4.57 Å². The predicted molar refractivity (Wildman–Crippen MR) is 243 cm³/mol. The Hall–Kier alpha value is -6.59. The number of pyridine rings is 1. The minimum atomic E-state index is -0.941. The van der Waals surface area contributed by atoms with Crippen LogP contribution in [0.25, 0.3) is 49.9 Å². The number of aromatic nitrogens is 2. The minimum absolute atomic E-state index is 0.0858. The van der Waals surface area contributed by atoms with E-state index >= 15 is 0 Å². The quantitative estimate of drug-likeness (QED) is 0.162. The van der Waals surface area contributed by atoms with E-state index in [2.05, 4.69) is 56.2 Å². The smallest absolute Gasteiger partial charge is 0.137 e. The molecule has 0 saturated carbocycles. The number of fused-ring (bicyclic) bond motifs is 3. The molecule has 0 aliphatic carbocycles. The van der Waals surface area contributed by atoms with Gasteiger partial charge in [0.25, 0.3) is 0 Å². The number of hydrogen-bond acceptors (Lipinski definition) is 4. The number of ether oxygens (including phenoxy) is 1. The third kappa shape index (κ3) is 6.04. The summed E-state index contributed by atoms with van der Waals surface area (Å²) in [6, 6.07) is 25.9. The highest BCUT2D eigenvalue weighted by atomic mass is 16.5. The van der Waals surface area contributed by atoms with E-state index in [0.29, 0.717) is 23.0 Å². The van der Waals surface area contributed by atoms with Crippen LogP contribution < -0.4 is 14.5 Å². The molecule has 3 heterocycles. The van der Waals surface area contributed by atoms with Crippen molar-refractivity contribution in [2.45, 2.75) is 65.0 Å². The number of benzene rings is 6. The maximum absolute atomic E-state index is 9.07. The lowest BCUT2D eigenvalue weighted by molar-refractivity contribution is 0.345. The molecular formula is C53H50N4O. The molecule has 0 bridgehead atoms. The second-order valence-corrected chi connectivity index (χ2v) is 16.7. The average molecular weight is 769 g/mol. The average Bonchev–Trinajstić information content (AvgIpc) is 3.69. The summed E-state index contributed by atoms with van der Waals surface area (Å²) in [4.78, 5) is 8.76. The zero-order valence-corrected chi connectivity index (χ0v) is 33.7. The summed E-state index contributed by atoms with van der Waals surface area (Å²) in [6.07, 6.45) is 1.85. The molecule has 5 nitrogen and oxygen atoms in total. The molecule has 9 rings (SSSR count). The van der Waals surface area contributed by atoms with E-state index in [-0.39, 0.29) is 33.4 Å². The van der Waals surface area contributed by atoms with Gasteiger partial charge in [-0.05, 0) is 92.3 Å². The van der Waals surface area contributed by atoms with E-state index < -0.39 is 71.5 Å². The second-order valence-electron chi connectivity index (χ2n) is 16.7. The summed E-state index contributed by atoms with van der Waals surface area (Å²) in [6.45, 7) is 19.3. The van der Waals surface area contributed by atoms with Crippen molar-refractivity contribution < 1.29 is 18.4 Å². The first-order valence-corrected chi connectivity index (χ1v) is 19.3. The molecule has 0 N–H and O–H groups in total. The number of para-hydroxylation sites is 2. The second kappa shape index (κ2) is 13.8. The molecule has 8 aromatic rings. The Morgan fingerprint density at radius 1 is 0.621 bits per heavy atom. The van der Waals surface area contributed by atoms with Gasteiger partial charge in [0.2, 0.25) is 0 Å². The number of rotatable bonds is 7. The maximum Gasteiger partial charge on any atom is 0.137 e. The van der Waals surface area contributed by atoms with Crippen molar-refractivity contribution in [3.63, 3.8) is 0 Å². The Bertz CT molecular complexity index is 3280. The van der Waals surface area contributed by atoms with Crippen molar-refractivity contribution >= 4 is 33.2 Å². The fraction of sp³-hybridized carbons (Fsp3) is 0.189. The van der Waals surface area contributed by atoms with Crippen molar-refractivity contribution in [1.29, 1.82) is 0 Å². The Morgan fingerprint density at radius 3 is 1.90 bits per heavy atom. The van der Waals surface area contributed by atoms with Crippen molar-refractivity contribution in [2.24, 2.45) is 0 Å². The first-order chi connectivity index (χ1) is 32.0. The Kier molecular flexibility index (Phi) is 6.46. The van der Waals surface area contributed by atoms with E-state index in [9.17, 15) is 0 Å². The van der Waals surface area contributed by atoms with Crippen LogP contribution >= 0.6 is 0 Å². The van der Waals surface area contributed by atoms with E-state index in [4.69, 9.17) is 23.4 Å². The Balaban J connectivity index is 1.19. The van der Waals surface area contributed by atoms with E-state index in [1.165, 1.54) is 0 Å². The molecule has 2 aromatic heterocycles. The molecule has 58 heavy (non-hydrogen) atoms. The van der Waals surface area contributed by atoms with Crippen LogP contribution in [0.15, 0.2) is 176 Å². The number of nitrogens with zero attached hydrogens (tertiary/aromatic N) is 4. The third-order valence-corrected chi connectivity index (χ3v) is 11.7. The zero-order chi connectivity index (χ0) is 49.1. The van der Waals surface area contributed by atoms with Crippen LogP contribution in [0.1, 0.15) is 67.7 Å². The van der Waals surface area contributed by atoms with Gasteiger partial charge in [-0.2, -0.15) is 0 Å². The summed E-state index contributed by atoms with van der Waals surface area (Å²) < 4.78 is 96.3. The molecular weight excluding hydrogens is 709 g/mol. The Labute approximate surface area is 356 Å². The fourth-order valence-electron chi connectivity index (χ4n) is 8.22. The van der Waals surface area contributed by atoms with E-state index in [1.807, 2.05) is 98.3 Å². The van der Waals surface area contributed by atoms with Gasteiger partial charge in [0, 0.05) is 45.9 Å². The summed E-state index contributed by atoms with van der Waals surface area (Å²) in [7, 11) is 0. The van der Waals surface area contributed by atoms with Crippen molar-refractivity contribution in [2.75, 3.05) is 9.80 Å². The highest BCUT2D eigenvalue weighted by Crippen LogP contribution is 2.54. The molecule has 6 aromatic carbocycles. The molecule has 1 fully saturated rings. The maximum atomic E-state index is 9.07. The van der Waals surface area contributed by atoms with Crippen LogP contribution in [0.2, 0.25) is 0 Å². The van der Waals surface area contributed by atoms with Gasteiger partial charge >= 0.3 is 0 Å². The molecule has 1 aliphatic heterocycles. The van der Waals surface area contributed by atoms with E-state index in [1.54, 1.807) is 18.2 Å². The molecule has 1 saturated heterocycles. The van der Waals surface area contributed by atoms with Gasteiger partial charge < -0.3 is 14.5 Å². The van der Waals surface area contributed by atoms with Crippen LogP contribution in [0, 0.1) is 0 Å². The van der Waals surface area contributed by atoms with Crippen LogP contribution in [0.4, 0.5) is 11.4 Å². The van der Waals surface area contributed by atoms with Gasteiger partial charge in [0.1, 0.15) is 23.1 Å². The SMILES string of the molecule is [2H]c1c([2H])c([2H])c(-c2cccc(-c3c([2H])c([2H])c([2H])c([2H])c3[2H])c2N2C(=C)N(c3cccc(Oc4ccc5c6ccccc6n(-c6cc(C(C)(C)C)ccn6)c5c4)c3)C(C)(C)C2(C)C)c([2H])c1[2H]. The summed E-state index contributed by atoms with van der Waals surface area (Å²) in [5.41, 5.74) is 2.41. The van der Waals surface area contributed by atoms with Gasteiger partial charge in [-0.1, -0.05) is 130 Å². The molecule has 288 valence electrons. The monoisotopic (exact) mass is 768 g/mol. The minimum Gasteiger partial charge on any atom is -0.457 e. The van der Waals surface area contributed by atoms with E-state index in [0.717, 1.165) is 33.2 Å². The van der Waals surface area contributed by atoms with Gasteiger partial charge in [0.05, 0.1) is 41.5 Å². The standard InChI is InChI=1S/C53H50N4O/c1-36-56(52(5,6)53(7,8)57(36)50-43(37-19-11-9-12-20-37)26-18-27-44(50)38-21-13-10-14-22-38)40-23-17-24-41(34-40)58-42-29-30-46-45-25-15-16-28-47(45)55(48(46)35-42)49-33-39(31-32-54-49)51(2,3)4/h9-35H,1H2,2-8H3/i9D,10D,11D,12D,13D,14D,19D,20D,21D,22D. The third-order valence-electron chi connectivity index (χ3n) is 11.7. The first kappa shape index (κ1) is 27.1. The lowest BCUT2D eigenvalue weighted by atomic mass is 9.81. The lowest BCUT2D eigenvalue weighted by Crippen LogP contribution is -2.54. The largest absolute Gasteiger partial charge is 0.457 e. The van der Waals surface area contributed by atoms with Crippen molar-refractivity contribution in [3.8, 4) is 39.6 Å². The van der Waals surface area contributed by atoms with Crippen molar-refractivity contribution in [3.05, 3.63) is 182 Å². The van der Waals surface area contributed by atoms with Gasteiger partial charge in [0.15, 0.2) is 0 Å². The summed E-state index contributed by atoms with van der Waals surface area (Å²) >= 11 is 0. The Morgan fingerprint density at radius 2 is 1.22 bits per heavy atom. The van der Waals surface area contributed by atoms with Crippen molar-refractivity contribution in [1.82, 2.24) is 9.55 Å². The summed E-state index contributed by atoms with van der Waals surface area (Å²) in [5, 5.41) is 2.14. The molecule has 0 atom stereocenters. The van der Waals surface area contributed by atoms with Crippen LogP contribution in [-0.2, 0) is 5.41 Å². The van der Waals surface area contributed by atoms with Crippen LogP contribution in [0.3, 0.4) is 0 Å². The van der Waals surface area contributed by atoms with Gasteiger partial charge in [-0.15, -0.1) is 0 Å². The lowest BCUT2D eigenvalue weighted by Gasteiger charge is -2.43. The highest BCUT2D eigenvalue weighted by molar-refractivity contribution is 6.09. The molecule has 0 radical (unpaired) electrons. The molecule has 5 heteroatoms. The van der Waals surface area contributed by atoms with Gasteiger partial charge in [-0.25, -0.2) is 4.98 Å². The highest BCUT2D eigenvalue weighted by Gasteiger charge is 2.56. The molecule has 0 unspecified atom stereocenters. The van der Waals surface area contributed by atoms with Crippen LogP contribution in [0.5, 0.6) is 11.5 Å².